The number of hydrogen-bond donors (Lipinski definition) is 11. The van der Waals surface area contributed by atoms with E-state index in [0.29, 0.717) is 48.3 Å². The van der Waals surface area contributed by atoms with Crippen LogP contribution in [0.5, 0.6) is 0 Å². The molecule has 368 valence electrons. The Morgan fingerprint density at radius 2 is 1.19 bits per heavy atom. The molecule has 1 unspecified atom stereocenters. The van der Waals surface area contributed by atoms with Crippen LogP contribution in [0.25, 0.3) is 0 Å². The summed E-state index contributed by atoms with van der Waals surface area (Å²) in [6.07, 6.45) is -18.5. The van der Waals surface area contributed by atoms with E-state index in [2.05, 4.69) is 27.7 Å². The molecule has 11 N–H and O–H groups in total. The lowest BCUT2D eigenvalue weighted by molar-refractivity contribution is -0.391. The minimum Gasteiger partial charge on any atom is -0.394 e. The van der Waals surface area contributed by atoms with E-state index in [-0.39, 0.29) is 22.9 Å². The lowest BCUT2D eigenvalue weighted by Crippen LogP contribution is -2.67. The highest BCUT2D eigenvalue weighted by molar-refractivity contribution is 5.16. The first-order chi connectivity index (χ1) is 30.4. The highest BCUT2D eigenvalue weighted by atomic mass is 16.8. The zero-order valence-electron chi connectivity index (χ0n) is 37.3. The Kier molecular flexibility index (Phi) is 13.7. The van der Waals surface area contributed by atoms with E-state index in [9.17, 15) is 56.2 Å². The van der Waals surface area contributed by atoms with Gasteiger partial charge in [0.1, 0.15) is 73.2 Å². The maximum Gasteiger partial charge on any atom is 0.187 e. The summed E-state index contributed by atoms with van der Waals surface area (Å²) in [7, 11) is 0. The number of aliphatic hydroxyl groups is 11. The molecule has 9 rings (SSSR count). The van der Waals surface area contributed by atoms with Gasteiger partial charge in [-0.2, -0.15) is 0 Å². The van der Waals surface area contributed by atoms with E-state index in [0.717, 1.165) is 51.6 Å². The Bertz CT molecular complexity index is 1600. The first-order valence-corrected chi connectivity index (χ1v) is 23.9. The Morgan fingerprint density at radius 1 is 0.578 bits per heavy atom. The van der Waals surface area contributed by atoms with Gasteiger partial charge in [-0.3, -0.25) is 0 Å². The van der Waals surface area contributed by atoms with Crippen molar-refractivity contribution in [3.63, 3.8) is 0 Å². The molecule has 0 aromatic rings. The number of aliphatic hydroxyl groups excluding tert-OH is 11. The van der Waals surface area contributed by atoms with Gasteiger partial charge in [0.15, 0.2) is 24.7 Å². The quantitative estimate of drug-likeness (QED) is 0.114. The van der Waals surface area contributed by atoms with Crippen molar-refractivity contribution in [1.82, 2.24) is 0 Å². The normalized spacial score (nSPS) is 58.6. The van der Waals surface area contributed by atoms with Crippen molar-refractivity contribution in [2.45, 2.75) is 202 Å². The molecule has 5 saturated heterocycles. The molecule has 4 aliphatic carbocycles. The number of ether oxygens (including phenoxy) is 8. The molecule has 19 nitrogen and oxygen atoms in total. The van der Waals surface area contributed by atoms with Crippen LogP contribution in [-0.2, 0) is 37.9 Å². The SMILES string of the molecule is CC1CC[C@@]2(OC1)O[C@H]1C[C@H]3[C@@H]4CC[C@H]5C[C@@H](O[C@@H]6O[C@H](CO)[C@H](O[C@@H]7O[C@H](CO)[C@@H](O)[C@H](O)[C@H]7O[C@@H]7O[C@H](CO)[C@@H](O)[C@H](O)[C@H]7O)[C@H](O)[C@H]6O)[C@H](O)C[C@]5(C)[C@H]4CC[C@]3(C)[C@H]1[C@@H]2C. The van der Waals surface area contributed by atoms with Gasteiger partial charge in [0.05, 0.1) is 44.7 Å². The summed E-state index contributed by atoms with van der Waals surface area (Å²) in [4.78, 5) is 0. The summed E-state index contributed by atoms with van der Waals surface area (Å²) in [6.45, 7) is 7.85. The Morgan fingerprint density at radius 3 is 1.86 bits per heavy atom. The Hall–Kier alpha value is -0.760. The van der Waals surface area contributed by atoms with Crippen LogP contribution in [0.2, 0.25) is 0 Å². The molecular formula is C45H74O19. The minimum atomic E-state index is -1.91. The molecule has 28 atom stereocenters. The second kappa shape index (κ2) is 18.2. The highest BCUT2D eigenvalue weighted by Crippen LogP contribution is 2.71. The lowest BCUT2D eigenvalue weighted by Gasteiger charge is -2.62. The van der Waals surface area contributed by atoms with Crippen molar-refractivity contribution in [2.75, 3.05) is 26.4 Å². The zero-order chi connectivity index (χ0) is 45.8. The average molecular weight is 919 g/mol. The van der Waals surface area contributed by atoms with E-state index in [4.69, 9.17) is 37.9 Å². The monoisotopic (exact) mass is 918 g/mol. The largest absolute Gasteiger partial charge is 0.394 e. The van der Waals surface area contributed by atoms with Gasteiger partial charge < -0.3 is 94.1 Å². The highest BCUT2D eigenvalue weighted by Gasteiger charge is 2.69. The van der Waals surface area contributed by atoms with E-state index < -0.39 is 130 Å². The topological polar surface area (TPSA) is 296 Å². The van der Waals surface area contributed by atoms with Crippen molar-refractivity contribution >= 4 is 0 Å². The van der Waals surface area contributed by atoms with Crippen molar-refractivity contribution in [2.24, 2.45) is 52.3 Å². The minimum absolute atomic E-state index is 0.144. The van der Waals surface area contributed by atoms with Gasteiger partial charge in [-0.15, -0.1) is 0 Å². The summed E-state index contributed by atoms with van der Waals surface area (Å²) >= 11 is 0. The molecule has 1 spiro atoms. The Labute approximate surface area is 373 Å². The molecule has 4 saturated carbocycles. The molecule has 5 aliphatic heterocycles. The van der Waals surface area contributed by atoms with E-state index in [1.54, 1.807) is 0 Å². The molecule has 0 amide bonds. The van der Waals surface area contributed by atoms with Crippen LogP contribution >= 0.6 is 0 Å². The van der Waals surface area contributed by atoms with Crippen molar-refractivity contribution in [1.29, 1.82) is 0 Å². The van der Waals surface area contributed by atoms with Crippen LogP contribution in [0.1, 0.15) is 85.5 Å². The van der Waals surface area contributed by atoms with E-state index in [1.165, 1.54) is 0 Å². The fourth-order valence-electron chi connectivity index (χ4n) is 14.7. The standard InChI is InChI=1S/C45H74O19/c1-18-7-10-45(57-17-18)19(2)30-26(64-45)12-23-21-6-5-20-11-25(24(49)13-44(20,4)22(21)8-9-43(23,30)3)58-40-37(56)35(54)38(29(16-48)61-40)62-42-39(34(53)32(51)28(15-47)60-42)63-41-36(55)33(52)31(50)27(14-46)59-41/h18-42,46-56H,5-17H2,1-4H3/t18?,19-,20-,21+,22-,23-,24+,25+,26-,27+,28+,29+,30-,31+,32+,33-,34-,35+,36+,37+,38-,39+,40+,41-,42-,43-,44-,45+/m0/s1. The molecule has 9 fully saturated rings. The van der Waals surface area contributed by atoms with Gasteiger partial charge in [-0.1, -0.05) is 27.7 Å². The lowest BCUT2D eigenvalue weighted by atomic mass is 9.44. The molecule has 0 aromatic heterocycles. The van der Waals surface area contributed by atoms with Crippen molar-refractivity contribution in [3.05, 3.63) is 0 Å². The molecular weight excluding hydrogens is 844 g/mol. The molecule has 0 aromatic carbocycles. The van der Waals surface area contributed by atoms with Gasteiger partial charge in [-0.05, 0) is 97.7 Å². The fraction of sp³-hybridized carbons (Fsp3) is 1.00. The first kappa shape index (κ1) is 48.3. The summed E-state index contributed by atoms with van der Waals surface area (Å²) in [5, 5.41) is 118. The molecule has 5 heterocycles. The zero-order valence-corrected chi connectivity index (χ0v) is 37.3. The fourth-order valence-corrected chi connectivity index (χ4v) is 14.7. The van der Waals surface area contributed by atoms with Crippen LogP contribution in [0.4, 0.5) is 0 Å². The van der Waals surface area contributed by atoms with Gasteiger partial charge in [-0.25, -0.2) is 0 Å². The Balaban J connectivity index is 0.848. The van der Waals surface area contributed by atoms with Gasteiger partial charge in [0, 0.05) is 12.3 Å². The molecule has 9 aliphatic rings. The number of fused-ring (bicyclic) bond motifs is 7. The summed E-state index contributed by atoms with van der Waals surface area (Å²) in [6, 6.07) is 0. The summed E-state index contributed by atoms with van der Waals surface area (Å²) < 4.78 is 48.7. The molecule has 19 heteroatoms. The van der Waals surface area contributed by atoms with Crippen molar-refractivity contribution < 1.29 is 94.1 Å². The second-order valence-electron chi connectivity index (χ2n) is 21.7. The molecule has 0 radical (unpaired) electrons. The van der Waals surface area contributed by atoms with Gasteiger partial charge >= 0.3 is 0 Å². The third kappa shape index (κ3) is 7.85. The van der Waals surface area contributed by atoms with Gasteiger partial charge in [0.25, 0.3) is 0 Å². The molecule has 0 bridgehead atoms. The smallest absolute Gasteiger partial charge is 0.187 e. The van der Waals surface area contributed by atoms with Crippen LogP contribution in [0, 0.1) is 52.3 Å². The van der Waals surface area contributed by atoms with Gasteiger partial charge in [0.2, 0.25) is 0 Å². The maximum absolute atomic E-state index is 11.8. The summed E-state index contributed by atoms with van der Waals surface area (Å²) in [5.41, 5.74) is 0.0147. The third-order valence-corrected chi connectivity index (χ3v) is 18.3. The molecule has 64 heavy (non-hydrogen) atoms. The maximum atomic E-state index is 11.8. The van der Waals surface area contributed by atoms with E-state index in [1.807, 2.05) is 0 Å². The number of rotatable bonds is 9. The first-order valence-electron chi connectivity index (χ1n) is 23.9. The van der Waals surface area contributed by atoms with Crippen LogP contribution in [0.3, 0.4) is 0 Å². The van der Waals surface area contributed by atoms with Crippen molar-refractivity contribution in [3.8, 4) is 0 Å². The average Bonchev–Trinajstić information content (AvgIpc) is 3.72. The van der Waals surface area contributed by atoms with E-state index >= 15 is 0 Å². The predicted octanol–water partition coefficient (Wildman–Crippen LogP) is -1.76. The van der Waals surface area contributed by atoms with Crippen LogP contribution < -0.4 is 0 Å². The van der Waals surface area contributed by atoms with Crippen LogP contribution in [-0.4, -0.2) is 199 Å². The number of hydrogen-bond acceptors (Lipinski definition) is 19. The second-order valence-corrected chi connectivity index (χ2v) is 21.7. The summed E-state index contributed by atoms with van der Waals surface area (Å²) in [5.74, 6) is 2.57. The third-order valence-electron chi connectivity index (χ3n) is 18.3. The predicted molar refractivity (Wildman–Crippen MR) is 217 cm³/mol. The van der Waals surface area contributed by atoms with Crippen LogP contribution in [0.15, 0.2) is 0 Å².